The number of benzene rings is 1. The molecule has 2 N–H and O–H groups in total. The Hall–Kier alpha value is -2.15. The Morgan fingerprint density at radius 1 is 1.22 bits per heavy atom. The number of nitrogens with zero attached hydrogens (tertiary/aromatic N) is 1. The summed E-state index contributed by atoms with van der Waals surface area (Å²) in [6.45, 7) is 9.69. The van der Waals surface area contributed by atoms with E-state index in [0.717, 1.165) is 23.4 Å². The van der Waals surface area contributed by atoms with Gasteiger partial charge < -0.3 is 15.4 Å². The SMILES string of the molecule is CC(C)[C@H](NC(=O)OC(C)(C)C)C(=O)NCCCc1nc2ccccc2s1. The number of para-hydroxylation sites is 1. The molecule has 7 heteroatoms. The highest BCUT2D eigenvalue weighted by Gasteiger charge is 2.26. The van der Waals surface area contributed by atoms with Crippen molar-refractivity contribution in [2.75, 3.05) is 6.54 Å². The molecule has 0 bridgehead atoms. The molecular weight excluding hydrogens is 362 g/mol. The Balaban J connectivity index is 1.80. The number of hydrogen-bond acceptors (Lipinski definition) is 5. The van der Waals surface area contributed by atoms with E-state index in [1.54, 1.807) is 32.1 Å². The van der Waals surface area contributed by atoms with Gasteiger partial charge in [-0.05, 0) is 45.2 Å². The van der Waals surface area contributed by atoms with Crippen LogP contribution in [0.4, 0.5) is 4.79 Å². The first-order valence-electron chi connectivity index (χ1n) is 9.27. The maximum Gasteiger partial charge on any atom is 0.408 e. The van der Waals surface area contributed by atoms with E-state index in [4.69, 9.17) is 4.74 Å². The minimum absolute atomic E-state index is 0.0400. The van der Waals surface area contributed by atoms with Crippen LogP contribution in [0.25, 0.3) is 10.2 Å². The zero-order valence-corrected chi connectivity index (χ0v) is 17.5. The van der Waals surface area contributed by atoms with Crippen molar-refractivity contribution in [3.8, 4) is 0 Å². The smallest absolute Gasteiger partial charge is 0.408 e. The van der Waals surface area contributed by atoms with Gasteiger partial charge in [-0.25, -0.2) is 9.78 Å². The number of aromatic nitrogens is 1. The highest BCUT2D eigenvalue weighted by molar-refractivity contribution is 7.18. The second-order valence-electron chi connectivity index (χ2n) is 7.84. The van der Waals surface area contributed by atoms with Crippen LogP contribution in [-0.2, 0) is 16.0 Å². The molecule has 2 aromatic rings. The predicted molar refractivity (Wildman–Crippen MR) is 109 cm³/mol. The maximum atomic E-state index is 12.4. The second-order valence-corrected chi connectivity index (χ2v) is 8.95. The van der Waals surface area contributed by atoms with E-state index in [-0.39, 0.29) is 11.8 Å². The van der Waals surface area contributed by atoms with Gasteiger partial charge in [0.05, 0.1) is 15.2 Å². The lowest BCUT2D eigenvalue weighted by Gasteiger charge is -2.25. The van der Waals surface area contributed by atoms with Gasteiger partial charge in [0.15, 0.2) is 0 Å². The van der Waals surface area contributed by atoms with E-state index in [2.05, 4.69) is 21.7 Å². The fourth-order valence-corrected chi connectivity index (χ4v) is 3.57. The summed E-state index contributed by atoms with van der Waals surface area (Å²) >= 11 is 1.68. The van der Waals surface area contributed by atoms with E-state index in [0.29, 0.717) is 6.54 Å². The van der Waals surface area contributed by atoms with Gasteiger partial charge in [-0.1, -0.05) is 26.0 Å². The summed E-state index contributed by atoms with van der Waals surface area (Å²) < 4.78 is 6.42. The number of aryl methyl sites for hydroxylation is 1. The lowest BCUT2D eigenvalue weighted by molar-refractivity contribution is -0.124. The first-order chi connectivity index (χ1) is 12.7. The molecule has 1 heterocycles. The number of hydrogen-bond donors (Lipinski definition) is 2. The third-order valence-electron chi connectivity index (χ3n) is 3.83. The summed E-state index contributed by atoms with van der Waals surface area (Å²) in [6.07, 6.45) is 1.03. The van der Waals surface area contributed by atoms with Gasteiger partial charge in [0.25, 0.3) is 0 Å². The Morgan fingerprint density at radius 2 is 1.93 bits per heavy atom. The van der Waals surface area contributed by atoms with Gasteiger partial charge >= 0.3 is 6.09 Å². The van der Waals surface area contributed by atoms with Crippen molar-refractivity contribution in [2.45, 2.75) is 59.1 Å². The molecule has 6 nitrogen and oxygen atoms in total. The molecule has 148 valence electrons. The molecule has 0 unspecified atom stereocenters. The Labute approximate surface area is 164 Å². The molecule has 0 aliphatic heterocycles. The zero-order valence-electron chi connectivity index (χ0n) is 16.7. The molecular formula is C20H29N3O3S. The molecule has 1 aromatic carbocycles. The minimum atomic E-state index is -0.623. The number of fused-ring (bicyclic) bond motifs is 1. The molecule has 0 saturated heterocycles. The lowest BCUT2D eigenvalue weighted by atomic mass is 10.0. The Morgan fingerprint density at radius 3 is 2.56 bits per heavy atom. The summed E-state index contributed by atoms with van der Waals surface area (Å²) in [5.74, 6) is -0.234. The number of thiazole rings is 1. The van der Waals surface area contributed by atoms with Gasteiger partial charge in [-0.2, -0.15) is 0 Å². The van der Waals surface area contributed by atoms with Crippen molar-refractivity contribution in [3.05, 3.63) is 29.3 Å². The largest absolute Gasteiger partial charge is 0.444 e. The third kappa shape index (κ3) is 6.82. The molecule has 0 aliphatic rings. The molecule has 0 saturated carbocycles. The number of ether oxygens (including phenoxy) is 1. The fraction of sp³-hybridized carbons (Fsp3) is 0.550. The predicted octanol–water partition coefficient (Wildman–Crippen LogP) is 3.89. The van der Waals surface area contributed by atoms with Crippen molar-refractivity contribution in [2.24, 2.45) is 5.92 Å². The molecule has 2 amide bonds. The fourth-order valence-electron chi connectivity index (χ4n) is 2.56. The van der Waals surface area contributed by atoms with Gasteiger partial charge in [-0.3, -0.25) is 4.79 Å². The molecule has 0 radical (unpaired) electrons. The normalized spacial score (nSPS) is 12.8. The lowest BCUT2D eigenvalue weighted by Crippen LogP contribution is -2.51. The molecule has 0 aliphatic carbocycles. The van der Waals surface area contributed by atoms with Gasteiger partial charge in [0, 0.05) is 13.0 Å². The van der Waals surface area contributed by atoms with Crippen molar-refractivity contribution >= 4 is 33.6 Å². The van der Waals surface area contributed by atoms with Crippen molar-refractivity contribution < 1.29 is 14.3 Å². The van der Waals surface area contributed by atoms with Gasteiger partial charge in [0.1, 0.15) is 11.6 Å². The van der Waals surface area contributed by atoms with Crippen molar-refractivity contribution in [1.82, 2.24) is 15.6 Å². The number of nitrogens with one attached hydrogen (secondary N) is 2. The number of carbonyl (C=O) groups is 2. The molecule has 1 aromatic heterocycles. The summed E-state index contributed by atoms with van der Waals surface area (Å²) in [7, 11) is 0. The van der Waals surface area contributed by atoms with E-state index in [1.165, 1.54) is 4.70 Å². The van der Waals surface area contributed by atoms with E-state index in [9.17, 15) is 9.59 Å². The highest BCUT2D eigenvalue weighted by Crippen LogP contribution is 2.22. The topological polar surface area (TPSA) is 80.3 Å². The quantitative estimate of drug-likeness (QED) is 0.702. The third-order valence-corrected chi connectivity index (χ3v) is 4.92. The van der Waals surface area contributed by atoms with Crippen LogP contribution in [0.5, 0.6) is 0 Å². The number of rotatable bonds is 7. The van der Waals surface area contributed by atoms with Crippen LogP contribution in [0.3, 0.4) is 0 Å². The summed E-state index contributed by atoms with van der Waals surface area (Å²) in [6, 6.07) is 7.44. The van der Waals surface area contributed by atoms with Crippen molar-refractivity contribution in [3.63, 3.8) is 0 Å². The average molecular weight is 392 g/mol. The maximum absolute atomic E-state index is 12.4. The molecule has 27 heavy (non-hydrogen) atoms. The Kier molecular flexibility index (Phi) is 7.18. The molecule has 1 atom stereocenters. The monoisotopic (exact) mass is 391 g/mol. The minimum Gasteiger partial charge on any atom is -0.444 e. The number of amides is 2. The standard InChI is InChI=1S/C20H29N3O3S/c1-13(2)17(23-19(25)26-20(3,4)5)18(24)21-12-8-11-16-22-14-9-6-7-10-15(14)27-16/h6-7,9-10,13,17H,8,11-12H2,1-5H3,(H,21,24)(H,23,25)/t17-/m0/s1. The number of alkyl carbamates (subject to hydrolysis) is 1. The summed E-state index contributed by atoms with van der Waals surface area (Å²) in [5, 5.41) is 6.64. The van der Waals surface area contributed by atoms with Crippen LogP contribution in [-0.4, -0.2) is 35.2 Å². The average Bonchev–Trinajstić information content (AvgIpc) is 2.97. The van der Waals surface area contributed by atoms with E-state index >= 15 is 0 Å². The number of carbonyl (C=O) groups excluding carboxylic acids is 2. The van der Waals surface area contributed by atoms with Crippen molar-refractivity contribution in [1.29, 1.82) is 0 Å². The van der Waals surface area contributed by atoms with Crippen LogP contribution in [0.1, 0.15) is 46.0 Å². The van der Waals surface area contributed by atoms with Crippen LogP contribution in [0, 0.1) is 5.92 Å². The summed E-state index contributed by atoms with van der Waals surface area (Å²) in [4.78, 5) is 29.0. The van der Waals surface area contributed by atoms with Gasteiger partial charge in [0.2, 0.25) is 5.91 Å². The molecule has 0 spiro atoms. The van der Waals surface area contributed by atoms with Crippen LogP contribution in [0.2, 0.25) is 0 Å². The van der Waals surface area contributed by atoms with E-state index < -0.39 is 17.7 Å². The first-order valence-corrected chi connectivity index (χ1v) is 10.1. The van der Waals surface area contributed by atoms with Crippen LogP contribution in [0.15, 0.2) is 24.3 Å². The Bertz CT molecular complexity index is 747. The first kappa shape index (κ1) is 21.2. The van der Waals surface area contributed by atoms with E-state index in [1.807, 2.05) is 32.0 Å². The summed E-state index contributed by atoms with van der Waals surface area (Å²) in [5.41, 5.74) is 0.419. The highest BCUT2D eigenvalue weighted by atomic mass is 32.1. The molecule has 0 fully saturated rings. The second kappa shape index (κ2) is 9.17. The van der Waals surface area contributed by atoms with Crippen LogP contribution >= 0.6 is 11.3 Å². The van der Waals surface area contributed by atoms with Gasteiger partial charge in [-0.15, -0.1) is 11.3 Å². The molecule has 2 rings (SSSR count). The van der Waals surface area contributed by atoms with Crippen LogP contribution < -0.4 is 10.6 Å². The zero-order chi connectivity index (χ0) is 20.0.